The maximum Gasteiger partial charge on any atom is 0.406 e. The van der Waals surface area contributed by atoms with Gasteiger partial charge in [0.25, 0.3) is 0 Å². The van der Waals surface area contributed by atoms with Gasteiger partial charge in [0.15, 0.2) is 5.41 Å². The van der Waals surface area contributed by atoms with Crippen molar-refractivity contribution >= 4 is 0 Å². The molecule has 126 valence electrons. The summed E-state index contributed by atoms with van der Waals surface area (Å²) < 4.78 is 79.4. The lowest BCUT2D eigenvalue weighted by atomic mass is 9.75. The number of aryl methyl sites for hydroxylation is 1. The predicted molar refractivity (Wildman–Crippen MR) is 74.1 cm³/mol. The van der Waals surface area contributed by atoms with Crippen molar-refractivity contribution in [3.05, 3.63) is 34.4 Å². The first kappa shape index (κ1) is 18.8. The number of hydrogen-bond acceptors (Lipinski definition) is 0. The average Bonchev–Trinajstić information content (AvgIpc) is 2.26. The maximum absolute atomic E-state index is 13.2. The molecule has 1 aromatic carbocycles. The van der Waals surface area contributed by atoms with E-state index >= 15 is 0 Å². The first-order chi connectivity index (χ1) is 9.53. The molecular weight excluding hydrogens is 306 g/mol. The summed E-state index contributed by atoms with van der Waals surface area (Å²) in [6.45, 7) is 8.72. The van der Waals surface area contributed by atoms with E-state index in [1.807, 2.05) is 0 Å². The molecule has 0 spiro atoms. The highest BCUT2D eigenvalue weighted by Crippen LogP contribution is 2.52. The smallest absolute Gasteiger partial charge is 0.170 e. The zero-order chi connectivity index (χ0) is 17.7. The van der Waals surface area contributed by atoms with Crippen LogP contribution in [0.5, 0.6) is 0 Å². The molecule has 6 heteroatoms. The summed E-state index contributed by atoms with van der Waals surface area (Å²) in [6.07, 6.45) is -10.9. The molecule has 0 nitrogen and oxygen atoms in total. The van der Waals surface area contributed by atoms with Gasteiger partial charge in [-0.2, -0.15) is 26.3 Å². The third-order valence-corrected chi connectivity index (χ3v) is 4.19. The van der Waals surface area contributed by atoms with Crippen LogP contribution in [0.4, 0.5) is 26.3 Å². The van der Waals surface area contributed by atoms with Gasteiger partial charge in [0.05, 0.1) is 0 Å². The molecular formula is C16H20F6. The Morgan fingerprint density at radius 2 is 1.14 bits per heavy atom. The van der Waals surface area contributed by atoms with Gasteiger partial charge in [-0.1, -0.05) is 32.9 Å². The van der Waals surface area contributed by atoms with Crippen molar-refractivity contribution in [2.24, 2.45) is 0 Å². The first-order valence-electron chi connectivity index (χ1n) is 6.79. The van der Waals surface area contributed by atoms with Gasteiger partial charge in [0.1, 0.15) is 0 Å². The van der Waals surface area contributed by atoms with Crippen LogP contribution < -0.4 is 0 Å². The Morgan fingerprint density at radius 3 is 1.45 bits per heavy atom. The molecule has 0 fully saturated rings. The Morgan fingerprint density at radius 1 is 0.727 bits per heavy atom. The van der Waals surface area contributed by atoms with Crippen LogP contribution in [0.1, 0.15) is 49.9 Å². The highest BCUT2D eigenvalue weighted by Gasteiger charge is 2.68. The topological polar surface area (TPSA) is 0 Å². The Kier molecular flexibility index (Phi) is 4.43. The zero-order valence-corrected chi connectivity index (χ0v) is 13.4. The molecule has 0 radical (unpaired) electrons. The van der Waals surface area contributed by atoms with Crippen LogP contribution in [0.25, 0.3) is 0 Å². The second-order valence-corrected chi connectivity index (χ2v) is 6.84. The minimum atomic E-state index is -5.43. The highest BCUT2D eigenvalue weighted by molar-refractivity contribution is 5.45. The Bertz CT molecular complexity index is 544. The number of rotatable bonds is 1. The Hall–Kier alpha value is -1.20. The fourth-order valence-corrected chi connectivity index (χ4v) is 2.42. The van der Waals surface area contributed by atoms with Gasteiger partial charge in [0.2, 0.25) is 0 Å². The molecule has 0 aliphatic carbocycles. The lowest BCUT2D eigenvalue weighted by molar-refractivity contribution is -0.297. The summed E-state index contributed by atoms with van der Waals surface area (Å²) in [6, 6.07) is 2.04. The molecule has 22 heavy (non-hydrogen) atoms. The second kappa shape index (κ2) is 5.17. The second-order valence-electron chi connectivity index (χ2n) is 6.84. The predicted octanol–water partition coefficient (Wildman–Crippen LogP) is 5.98. The van der Waals surface area contributed by atoms with Crippen LogP contribution in [0.2, 0.25) is 0 Å². The molecule has 0 aliphatic rings. The average molecular weight is 326 g/mol. The fourth-order valence-electron chi connectivity index (χ4n) is 2.42. The summed E-state index contributed by atoms with van der Waals surface area (Å²) in [4.78, 5) is 0. The van der Waals surface area contributed by atoms with Crippen LogP contribution >= 0.6 is 0 Å². The molecule has 0 heterocycles. The maximum atomic E-state index is 13.2. The SMILES string of the molecule is Cc1cc(C(C)(C(F)(F)F)C(F)(F)F)cc(C(C)(C)C)c1C. The molecule has 0 bridgehead atoms. The van der Waals surface area contributed by atoms with E-state index in [1.54, 1.807) is 27.7 Å². The van der Waals surface area contributed by atoms with E-state index in [0.717, 1.165) is 12.1 Å². The van der Waals surface area contributed by atoms with Crippen LogP contribution in [0.15, 0.2) is 12.1 Å². The van der Waals surface area contributed by atoms with E-state index in [-0.39, 0.29) is 6.92 Å². The molecule has 0 atom stereocenters. The lowest BCUT2D eigenvalue weighted by Crippen LogP contribution is -2.51. The van der Waals surface area contributed by atoms with Gasteiger partial charge in [-0.3, -0.25) is 0 Å². The molecule has 0 unspecified atom stereocenters. The molecule has 0 amide bonds. The van der Waals surface area contributed by atoms with Crippen molar-refractivity contribution in [1.29, 1.82) is 0 Å². The van der Waals surface area contributed by atoms with Gasteiger partial charge in [-0.05, 0) is 48.4 Å². The largest absolute Gasteiger partial charge is 0.406 e. The van der Waals surface area contributed by atoms with Crippen LogP contribution in [-0.2, 0) is 10.8 Å². The fraction of sp³-hybridized carbons (Fsp3) is 0.625. The van der Waals surface area contributed by atoms with Crippen molar-refractivity contribution in [2.75, 3.05) is 0 Å². The number of benzene rings is 1. The molecule has 1 rings (SSSR count). The van der Waals surface area contributed by atoms with Crippen molar-refractivity contribution < 1.29 is 26.3 Å². The Labute approximate surface area is 126 Å². The summed E-state index contributed by atoms with van der Waals surface area (Å²) in [5.41, 5.74) is -3.59. The summed E-state index contributed by atoms with van der Waals surface area (Å²) in [5.74, 6) is 0. The quantitative estimate of drug-likeness (QED) is 0.557. The summed E-state index contributed by atoms with van der Waals surface area (Å²) in [5, 5.41) is 0. The normalized spacial score (nSPS) is 14.4. The number of halogens is 6. The standard InChI is InChI=1S/C16H20F6/c1-9-7-11(8-12(10(9)2)13(3,4)5)14(6,15(17,18)19)16(20,21)22/h7-8H,1-6H3. The first-order valence-corrected chi connectivity index (χ1v) is 6.79. The van der Waals surface area contributed by atoms with E-state index in [4.69, 9.17) is 0 Å². The molecule has 0 aromatic heterocycles. The third-order valence-electron chi connectivity index (χ3n) is 4.19. The summed E-state index contributed by atoms with van der Waals surface area (Å²) in [7, 11) is 0. The minimum absolute atomic E-state index is 0.198. The third kappa shape index (κ3) is 2.97. The van der Waals surface area contributed by atoms with Crippen LogP contribution in [0, 0.1) is 13.8 Å². The molecule has 0 N–H and O–H groups in total. The van der Waals surface area contributed by atoms with E-state index in [1.165, 1.54) is 6.92 Å². The molecule has 0 saturated carbocycles. The van der Waals surface area contributed by atoms with Gasteiger partial charge >= 0.3 is 12.4 Å². The van der Waals surface area contributed by atoms with Gasteiger partial charge in [-0.15, -0.1) is 0 Å². The van der Waals surface area contributed by atoms with E-state index in [9.17, 15) is 26.3 Å². The number of alkyl halides is 6. The molecule has 1 aromatic rings. The van der Waals surface area contributed by atoms with E-state index < -0.39 is 28.7 Å². The molecule has 0 saturated heterocycles. The molecule has 0 aliphatic heterocycles. The van der Waals surface area contributed by atoms with Gasteiger partial charge < -0.3 is 0 Å². The van der Waals surface area contributed by atoms with Crippen molar-refractivity contribution in [1.82, 2.24) is 0 Å². The lowest BCUT2D eigenvalue weighted by Gasteiger charge is -2.36. The van der Waals surface area contributed by atoms with Gasteiger partial charge in [-0.25, -0.2) is 0 Å². The zero-order valence-electron chi connectivity index (χ0n) is 13.4. The van der Waals surface area contributed by atoms with Gasteiger partial charge in [0, 0.05) is 0 Å². The van der Waals surface area contributed by atoms with E-state index in [0.29, 0.717) is 16.7 Å². The van der Waals surface area contributed by atoms with Crippen LogP contribution in [0.3, 0.4) is 0 Å². The van der Waals surface area contributed by atoms with Crippen molar-refractivity contribution in [2.45, 2.75) is 64.7 Å². The van der Waals surface area contributed by atoms with Crippen molar-refractivity contribution in [3.63, 3.8) is 0 Å². The summed E-state index contributed by atoms with van der Waals surface area (Å²) >= 11 is 0. The number of hydrogen-bond donors (Lipinski definition) is 0. The van der Waals surface area contributed by atoms with E-state index in [2.05, 4.69) is 0 Å². The van der Waals surface area contributed by atoms with Crippen molar-refractivity contribution in [3.8, 4) is 0 Å². The minimum Gasteiger partial charge on any atom is -0.170 e. The van der Waals surface area contributed by atoms with Crippen LogP contribution in [-0.4, -0.2) is 12.4 Å². The Balaban J connectivity index is 3.78. The monoisotopic (exact) mass is 326 g/mol. The highest BCUT2D eigenvalue weighted by atomic mass is 19.4.